The first-order valence-corrected chi connectivity index (χ1v) is 14.4. The maximum Gasteiger partial charge on any atom is 0.0641 e. The molecule has 39 heavy (non-hydrogen) atoms. The molecule has 2 aliphatic rings. The Kier molecular flexibility index (Phi) is 4.41. The van der Waals surface area contributed by atoms with Gasteiger partial charge in [0.2, 0.25) is 0 Å². The molecule has 2 atom stereocenters. The first-order valence-electron chi connectivity index (χ1n) is 13.5. The van der Waals surface area contributed by atoms with Gasteiger partial charge in [-0.3, -0.25) is 0 Å². The Morgan fingerprint density at radius 1 is 0.538 bits per heavy atom. The summed E-state index contributed by atoms with van der Waals surface area (Å²) in [4.78, 5) is 1.40. The number of aromatic nitrogens is 2. The molecule has 3 heterocycles. The Balaban J connectivity index is 1.45. The zero-order valence-corrected chi connectivity index (χ0v) is 22.0. The molecule has 0 radical (unpaired) electrons. The van der Waals surface area contributed by atoms with Crippen LogP contribution in [0.25, 0.3) is 55.0 Å². The van der Waals surface area contributed by atoms with Gasteiger partial charge < -0.3 is 9.13 Å². The smallest absolute Gasteiger partial charge is 0.0641 e. The number of fused-ring (bicyclic) bond motifs is 10. The summed E-state index contributed by atoms with van der Waals surface area (Å²) in [6.07, 6.45) is 9.11. The van der Waals surface area contributed by atoms with Crippen LogP contribution < -0.4 is 0 Å². The molecule has 0 amide bonds. The van der Waals surface area contributed by atoms with E-state index in [4.69, 9.17) is 0 Å². The topological polar surface area (TPSA) is 9.86 Å². The Hall–Kier alpha value is -4.47. The quantitative estimate of drug-likeness (QED) is 0.222. The van der Waals surface area contributed by atoms with Gasteiger partial charge in [0.05, 0.1) is 27.8 Å². The molecule has 5 aromatic carbocycles. The van der Waals surface area contributed by atoms with Crippen molar-refractivity contribution >= 4 is 55.4 Å². The van der Waals surface area contributed by atoms with Crippen molar-refractivity contribution in [1.82, 2.24) is 9.13 Å². The monoisotopic (exact) mass is 516 g/mol. The van der Waals surface area contributed by atoms with E-state index >= 15 is 0 Å². The SMILES string of the molecule is C1=CC2Sc3c(cccc3-n3c4ccccc4c4c3ccc3c5ccccc5n(-c5ccccc5)c34)C2C=C1. The predicted molar refractivity (Wildman–Crippen MR) is 166 cm³/mol. The van der Waals surface area contributed by atoms with Gasteiger partial charge in [0.1, 0.15) is 0 Å². The molecule has 3 heteroatoms. The summed E-state index contributed by atoms with van der Waals surface area (Å²) in [6, 6.07) is 40.0. The average molecular weight is 517 g/mol. The lowest BCUT2D eigenvalue weighted by atomic mass is 9.92. The fourth-order valence-electron chi connectivity index (χ4n) is 6.84. The number of hydrogen-bond donors (Lipinski definition) is 0. The largest absolute Gasteiger partial charge is 0.309 e. The molecule has 0 N–H and O–H groups in total. The van der Waals surface area contributed by atoms with Crippen molar-refractivity contribution in [3.05, 3.63) is 139 Å². The van der Waals surface area contributed by atoms with Gasteiger partial charge in [0, 0.05) is 43.3 Å². The fourth-order valence-corrected chi connectivity index (χ4v) is 8.28. The first-order chi connectivity index (χ1) is 19.4. The molecule has 2 aromatic heterocycles. The van der Waals surface area contributed by atoms with Crippen LogP contribution in [0.15, 0.2) is 138 Å². The Bertz CT molecular complexity index is 2160. The van der Waals surface area contributed by atoms with Crippen molar-refractivity contribution in [3.8, 4) is 11.4 Å². The van der Waals surface area contributed by atoms with Crippen LogP contribution in [0, 0.1) is 0 Å². The molecule has 184 valence electrons. The minimum atomic E-state index is 0.440. The number of thioether (sulfide) groups is 1. The van der Waals surface area contributed by atoms with Crippen LogP contribution in [0.2, 0.25) is 0 Å². The highest BCUT2D eigenvalue weighted by atomic mass is 32.2. The molecule has 2 nitrogen and oxygen atoms in total. The van der Waals surface area contributed by atoms with E-state index in [0.29, 0.717) is 11.2 Å². The lowest BCUT2D eigenvalue weighted by Crippen LogP contribution is -2.06. The summed E-state index contributed by atoms with van der Waals surface area (Å²) in [5, 5.41) is 5.64. The van der Waals surface area contributed by atoms with Gasteiger partial charge in [-0.05, 0) is 42.0 Å². The van der Waals surface area contributed by atoms with Crippen molar-refractivity contribution in [3.63, 3.8) is 0 Å². The van der Waals surface area contributed by atoms with Crippen LogP contribution in [0.5, 0.6) is 0 Å². The first kappa shape index (κ1) is 21.5. The molecular formula is C36H24N2S. The number of allylic oxidation sites excluding steroid dienone is 3. The third-order valence-corrected chi connectivity index (χ3v) is 9.85. The lowest BCUT2D eigenvalue weighted by molar-refractivity contribution is 0.877. The van der Waals surface area contributed by atoms with Gasteiger partial charge in [-0.1, -0.05) is 97.1 Å². The standard InChI is InChI=1S/C36H24N2S/c1-2-11-23(12-3-1)37-29-17-7-4-13-24(29)26-21-22-31-34(35(26)37)28-15-5-8-18-30(28)38(31)32-19-10-16-27-25-14-6-9-20-33(25)39-36(27)32/h1-22,25,33H. The summed E-state index contributed by atoms with van der Waals surface area (Å²) in [6.45, 7) is 0. The zero-order valence-electron chi connectivity index (χ0n) is 21.2. The van der Waals surface area contributed by atoms with Crippen molar-refractivity contribution in [2.45, 2.75) is 16.1 Å². The number of benzene rings is 5. The molecule has 7 aromatic rings. The molecule has 0 fully saturated rings. The van der Waals surface area contributed by atoms with Gasteiger partial charge >= 0.3 is 0 Å². The maximum absolute atomic E-state index is 2.51. The lowest BCUT2D eigenvalue weighted by Gasteiger charge is -2.14. The Labute approximate surface area is 230 Å². The van der Waals surface area contributed by atoms with E-state index in [1.807, 2.05) is 11.8 Å². The second-order valence-corrected chi connectivity index (χ2v) is 11.7. The summed E-state index contributed by atoms with van der Waals surface area (Å²) in [7, 11) is 0. The van der Waals surface area contributed by atoms with Crippen molar-refractivity contribution < 1.29 is 0 Å². The second kappa shape index (κ2) is 8.02. The minimum Gasteiger partial charge on any atom is -0.309 e. The molecule has 1 aliphatic carbocycles. The number of hydrogen-bond acceptors (Lipinski definition) is 1. The molecule has 1 aliphatic heterocycles. The van der Waals surface area contributed by atoms with Gasteiger partial charge in [-0.25, -0.2) is 0 Å². The van der Waals surface area contributed by atoms with E-state index in [2.05, 4.69) is 143 Å². The van der Waals surface area contributed by atoms with Gasteiger partial charge in [0.15, 0.2) is 0 Å². The van der Waals surface area contributed by atoms with Crippen LogP contribution in [0.3, 0.4) is 0 Å². The van der Waals surface area contributed by atoms with E-state index in [0.717, 1.165) is 0 Å². The second-order valence-electron chi connectivity index (χ2n) is 10.5. The normalized spacial score (nSPS) is 17.9. The molecular weight excluding hydrogens is 492 g/mol. The number of rotatable bonds is 2. The molecule has 2 unspecified atom stereocenters. The predicted octanol–water partition coefficient (Wildman–Crippen LogP) is 9.56. The molecule has 0 saturated carbocycles. The third-order valence-electron chi connectivity index (χ3n) is 8.45. The summed E-state index contributed by atoms with van der Waals surface area (Å²) >= 11 is 2.01. The van der Waals surface area contributed by atoms with Gasteiger partial charge in [-0.15, -0.1) is 11.8 Å². The van der Waals surface area contributed by atoms with Crippen LogP contribution in [0.4, 0.5) is 0 Å². The van der Waals surface area contributed by atoms with Crippen molar-refractivity contribution in [2.24, 2.45) is 0 Å². The summed E-state index contributed by atoms with van der Waals surface area (Å²) in [5.74, 6) is 0.440. The molecule has 0 saturated heterocycles. The molecule has 0 bridgehead atoms. The summed E-state index contributed by atoms with van der Waals surface area (Å²) < 4.78 is 4.96. The minimum absolute atomic E-state index is 0.440. The highest BCUT2D eigenvalue weighted by Gasteiger charge is 2.33. The molecule has 9 rings (SSSR count). The van der Waals surface area contributed by atoms with Crippen LogP contribution in [-0.2, 0) is 0 Å². The van der Waals surface area contributed by atoms with Crippen molar-refractivity contribution in [2.75, 3.05) is 0 Å². The Morgan fingerprint density at radius 3 is 2.15 bits per heavy atom. The number of para-hydroxylation sites is 3. The maximum atomic E-state index is 2.51. The van der Waals surface area contributed by atoms with E-state index in [1.165, 1.54) is 65.4 Å². The highest BCUT2D eigenvalue weighted by Crippen LogP contribution is 2.51. The van der Waals surface area contributed by atoms with E-state index in [-0.39, 0.29) is 0 Å². The van der Waals surface area contributed by atoms with E-state index < -0.39 is 0 Å². The van der Waals surface area contributed by atoms with Crippen LogP contribution >= 0.6 is 11.8 Å². The fraction of sp³-hybridized carbons (Fsp3) is 0.0556. The van der Waals surface area contributed by atoms with E-state index in [1.54, 1.807) is 0 Å². The van der Waals surface area contributed by atoms with Crippen molar-refractivity contribution in [1.29, 1.82) is 0 Å². The summed E-state index contributed by atoms with van der Waals surface area (Å²) in [5.41, 5.74) is 8.91. The van der Waals surface area contributed by atoms with Gasteiger partial charge in [-0.2, -0.15) is 0 Å². The highest BCUT2D eigenvalue weighted by molar-refractivity contribution is 8.00. The van der Waals surface area contributed by atoms with Crippen LogP contribution in [-0.4, -0.2) is 14.4 Å². The van der Waals surface area contributed by atoms with Gasteiger partial charge in [0.25, 0.3) is 0 Å². The average Bonchev–Trinajstić information content (AvgIpc) is 3.65. The zero-order chi connectivity index (χ0) is 25.5. The molecule has 0 spiro atoms. The Morgan fingerprint density at radius 2 is 1.28 bits per heavy atom. The van der Waals surface area contributed by atoms with Crippen LogP contribution in [0.1, 0.15) is 11.5 Å². The van der Waals surface area contributed by atoms with E-state index in [9.17, 15) is 0 Å². The number of nitrogens with zero attached hydrogens (tertiary/aromatic N) is 2. The third kappa shape index (κ3) is 2.88.